The lowest BCUT2D eigenvalue weighted by Gasteiger charge is -2.09. The standard InChI is InChI=1S/C15H12ClNO3/c16-12-6-1-2-7-14(12)20-15-9-11-5-3-4-10(11)8-13(15)17(18)19/h1-2,6-9H,3-5H2. The Morgan fingerprint density at radius 1 is 1.10 bits per heavy atom. The van der Waals surface area contributed by atoms with E-state index < -0.39 is 4.92 Å². The van der Waals surface area contributed by atoms with Crippen molar-refractivity contribution in [1.82, 2.24) is 0 Å². The van der Waals surface area contributed by atoms with Gasteiger partial charge in [0.15, 0.2) is 0 Å². The van der Waals surface area contributed by atoms with Crippen LogP contribution in [0, 0.1) is 10.1 Å². The van der Waals surface area contributed by atoms with Gasteiger partial charge in [0.1, 0.15) is 5.75 Å². The van der Waals surface area contributed by atoms with Gasteiger partial charge in [-0.05, 0) is 48.6 Å². The van der Waals surface area contributed by atoms with E-state index in [1.165, 1.54) is 0 Å². The molecular formula is C15H12ClNO3. The zero-order chi connectivity index (χ0) is 14.1. The largest absolute Gasteiger partial charge is 0.449 e. The van der Waals surface area contributed by atoms with Gasteiger partial charge in [0, 0.05) is 6.07 Å². The number of ether oxygens (including phenoxy) is 1. The molecule has 2 aromatic carbocycles. The third-order valence-electron chi connectivity index (χ3n) is 3.43. The van der Waals surface area contributed by atoms with E-state index in [2.05, 4.69) is 0 Å². The fourth-order valence-electron chi connectivity index (χ4n) is 2.46. The van der Waals surface area contributed by atoms with Crippen molar-refractivity contribution in [2.24, 2.45) is 0 Å². The van der Waals surface area contributed by atoms with Gasteiger partial charge >= 0.3 is 5.69 Å². The average Bonchev–Trinajstić information content (AvgIpc) is 2.87. The zero-order valence-corrected chi connectivity index (χ0v) is 11.4. The number of aryl methyl sites for hydroxylation is 2. The number of halogens is 1. The maximum Gasteiger partial charge on any atom is 0.311 e. The fourth-order valence-corrected chi connectivity index (χ4v) is 2.63. The molecule has 1 aliphatic rings. The van der Waals surface area contributed by atoms with Gasteiger partial charge in [0.25, 0.3) is 0 Å². The number of para-hydroxylation sites is 1. The van der Waals surface area contributed by atoms with Crippen LogP contribution in [0.1, 0.15) is 17.5 Å². The maximum absolute atomic E-state index is 11.2. The second kappa shape index (κ2) is 5.13. The topological polar surface area (TPSA) is 52.4 Å². The van der Waals surface area contributed by atoms with Gasteiger partial charge in [-0.25, -0.2) is 0 Å². The van der Waals surface area contributed by atoms with Gasteiger partial charge in [0.05, 0.1) is 9.95 Å². The number of hydrogen-bond donors (Lipinski definition) is 0. The monoisotopic (exact) mass is 289 g/mol. The Labute approximate surface area is 121 Å². The van der Waals surface area contributed by atoms with E-state index >= 15 is 0 Å². The molecule has 0 N–H and O–H groups in total. The van der Waals surface area contributed by atoms with Gasteiger partial charge in [-0.2, -0.15) is 0 Å². The van der Waals surface area contributed by atoms with Gasteiger partial charge < -0.3 is 4.74 Å². The Bertz CT molecular complexity index is 685. The predicted molar refractivity (Wildman–Crippen MR) is 76.6 cm³/mol. The van der Waals surface area contributed by atoms with Crippen LogP contribution in [0.5, 0.6) is 11.5 Å². The van der Waals surface area contributed by atoms with Crippen molar-refractivity contribution in [2.75, 3.05) is 0 Å². The summed E-state index contributed by atoms with van der Waals surface area (Å²) in [6.45, 7) is 0. The van der Waals surface area contributed by atoms with Crippen molar-refractivity contribution in [2.45, 2.75) is 19.3 Å². The normalized spacial score (nSPS) is 13.1. The summed E-state index contributed by atoms with van der Waals surface area (Å²) < 4.78 is 5.65. The summed E-state index contributed by atoms with van der Waals surface area (Å²) in [5, 5.41) is 11.6. The van der Waals surface area contributed by atoms with Crippen LogP contribution in [0.15, 0.2) is 36.4 Å². The first-order valence-electron chi connectivity index (χ1n) is 6.38. The molecule has 0 amide bonds. The molecule has 102 valence electrons. The quantitative estimate of drug-likeness (QED) is 0.616. The van der Waals surface area contributed by atoms with Crippen LogP contribution in [-0.4, -0.2) is 4.92 Å². The summed E-state index contributed by atoms with van der Waals surface area (Å²) in [7, 11) is 0. The molecule has 20 heavy (non-hydrogen) atoms. The predicted octanol–water partition coefficient (Wildman–Crippen LogP) is 4.53. The van der Waals surface area contributed by atoms with Gasteiger partial charge in [-0.3, -0.25) is 10.1 Å². The Morgan fingerprint density at radius 3 is 2.50 bits per heavy atom. The summed E-state index contributed by atoms with van der Waals surface area (Å²) in [5.41, 5.74) is 2.16. The molecule has 5 heteroatoms. The molecule has 3 rings (SSSR count). The lowest BCUT2D eigenvalue weighted by Crippen LogP contribution is -1.96. The third kappa shape index (κ3) is 2.34. The van der Waals surface area contributed by atoms with Gasteiger partial charge in [0.2, 0.25) is 5.75 Å². The summed E-state index contributed by atoms with van der Waals surface area (Å²) in [5.74, 6) is 0.680. The molecule has 0 bridgehead atoms. The van der Waals surface area contributed by atoms with Crippen molar-refractivity contribution in [3.8, 4) is 11.5 Å². The van der Waals surface area contributed by atoms with E-state index in [-0.39, 0.29) is 11.4 Å². The summed E-state index contributed by atoms with van der Waals surface area (Å²) >= 11 is 6.03. The minimum absolute atomic E-state index is 0.00873. The summed E-state index contributed by atoms with van der Waals surface area (Å²) in [4.78, 5) is 10.8. The van der Waals surface area contributed by atoms with Crippen molar-refractivity contribution < 1.29 is 9.66 Å². The first-order valence-corrected chi connectivity index (χ1v) is 6.75. The Morgan fingerprint density at radius 2 is 1.80 bits per heavy atom. The molecule has 1 aliphatic carbocycles. The highest BCUT2D eigenvalue weighted by atomic mass is 35.5. The number of benzene rings is 2. The lowest BCUT2D eigenvalue weighted by molar-refractivity contribution is -0.385. The summed E-state index contributed by atoms with van der Waals surface area (Å²) in [6, 6.07) is 10.3. The molecule has 0 saturated heterocycles. The van der Waals surface area contributed by atoms with E-state index in [9.17, 15) is 10.1 Å². The maximum atomic E-state index is 11.2. The molecule has 0 saturated carbocycles. The number of hydrogen-bond acceptors (Lipinski definition) is 3. The first kappa shape index (κ1) is 12.9. The Kier molecular flexibility index (Phi) is 3.32. The van der Waals surface area contributed by atoms with Crippen LogP contribution in [0.4, 0.5) is 5.69 Å². The molecule has 4 nitrogen and oxygen atoms in total. The van der Waals surface area contributed by atoms with Crippen LogP contribution < -0.4 is 4.74 Å². The molecule has 0 unspecified atom stereocenters. The smallest absolute Gasteiger partial charge is 0.311 e. The van der Waals surface area contributed by atoms with E-state index in [1.54, 1.807) is 36.4 Å². The van der Waals surface area contributed by atoms with E-state index in [0.29, 0.717) is 10.8 Å². The molecule has 0 heterocycles. The number of nitro groups is 1. The van der Waals surface area contributed by atoms with Crippen LogP contribution in [0.25, 0.3) is 0 Å². The van der Waals surface area contributed by atoms with E-state index in [1.807, 2.05) is 0 Å². The van der Waals surface area contributed by atoms with Crippen LogP contribution in [0.3, 0.4) is 0 Å². The van der Waals surface area contributed by atoms with Gasteiger partial charge in [-0.15, -0.1) is 0 Å². The Hall–Kier alpha value is -2.07. The number of nitrogens with zero attached hydrogens (tertiary/aromatic N) is 1. The molecule has 0 spiro atoms. The molecule has 0 aromatic heterocycles. The highest BCUT2D eigenvalue weighted by molar-refractivity contribution is 6.32. The number of rotatable bonds is 3. The summed E-state index contributed by atoms with van der Waals surface area (Å²) in [6.07, 6.45) is 2.86. The van der Waals surface area contributed by atoms with Crippen LogP contribution >= 0.6 is 11.6 Å². The average molecular weight is 290 g/mol. The minimum Gasteiger partial charge on any atom is -0.449 e. The molecule has 0 radical (unpaired) electrons. The van der Waals surface area contributed by atoms with Gasteiger partial charge in [-0.1, -0.05) is 23.7 Å². The number of nitro benzene ring substituents is 1. The second-order valence-electron chi connectivity index (χ2n) is 4.73. The third-order valence-corrected chi connectivity index (χ3v) is 3.74. The minimum atomic E-state index is -0.412. The van der Waals surface area contributed by atoms with Crippen molar-refractivity contribution in [3.05, 3.63) is 62.7 Å². The molecule has 0 aliphatic heterocycles. The first-order chi connectivity index (χ1) is 9.65. The van der Waals surface area contributed by atoms with E-state index in [4.69, 9.17) is 16.3 Å². The van der Waals surface area contributed by atoms with Crippen molar-refractivity contribution in [1.29, 1.82) is 0 Å². The molecule has 0 atom stereocenters. The highest BCUT2D eigenvalue weighted by Gasteiger charge is 2.22. The fraction of sp³-hybridized carbons (Fsp3) is 0.200. The van der Waals surface area contributed by atoms with E-state index in [0.717, 1.165) is 30.4 Å². The number of fused-ring (bicyclic) bond motifs is 1. The van der Waals surface area contributed by atoms with Crippen molar-refractivity contribution >= 4 is 17.3 Å². The SMILES string of the molecule is O=[N+]([O-])c1cc2c(cc1Oc1ccccc1Cl)CCC2. The molecule has 2 aromatic rings. The Balaban J connectivity index is 2.04. The molecular weight excluding hydrogens is 278 g/mol. The van der Waals surface area contributed by atoms with Crippen LogP contribution in [0.2, 0.25) is 5.02 Å². The second-order valence-corrected chi connectivity index (χ2v) is 5.14. The molecule has 0 fully saturated rings. The lowest BCUT2D eigenvalue weighted by atomic mass is 10.1. The van der Waals surface area contributed by atoms with Crippen molar-refractivity contribution in [3.63, 3.8) is 0 Å². The zero-order valence-electron chi connectivity index (χ0n) is 10.6. The highest BCUT2D eigenvalue weighted by Crippen LogP contribution is 2.38. The van der Waals surface area contributed by atoms with Crippen LogP contribution in [-0.2, 0) is 12.8 Å².